The molecule has 3 aromatic carbocycles. The van der Waals surface area contributed by atoms with Crippen LogP contribution in [0.15, 0.2) is 70.5 Å². The fourth-order valence-electron chi connectivity index (χ4n) is 4.42. The zero-order chi connectivity index (χ0) is 26.2. The molecule has 1 aromatic heterocycles. The molecule has 188 valence electrons. The maximum absolute atomic E-state index is 12.2. The lowest BCUT2D eigenvalue weighted by atomic mass is 9.88. The van der Waals surface area contributed by atoms with Crippen molar-refractivity contribution in [3.05, 3.63) is 93.6 Å². The topological polar surface area (TPSA) is 42.2 Å². The molecular formula is C31H34ClNO2S. The van der Waals surface area contributed by atoms with Gasteiger partial charge in [-0.3, -0.25) is 4.79 Å². The highest BCUT2D eigenvalue weighted by Crippen LogP contribution is 2.43. The van der Waals surface area contributed by atoms with E-state index < -0.39 is 11.4 Å². The summed E-state index contributed by atoms with van der Waals surface area (Å²) >= 11 is 7.91. The SMILES string of the molecule is Cc1ccc(C)c(Sc2c(CC(C)(C)C(=O)O)n(Cc3ccc(Cl)cc3)c3ccc(C(C)C)cc23)c1. The van der Waals surface area contributed by atoms with Crippen molar-refractivity contribution in [3.63, 3.8) is 0 Å². The monoisotopic (exact) mass is 519 g/mol. The van der Waals surface area contributed by atoms with Crippen LogP contribution in [0.5, 0.6) is 0 Å². The molecule has 0 aliphatic rings. The van der Waals surface area contributed by atoms with E-state index in [1.54, 1.807) is 11.8 Å². The van der Waals surface area contributed by atoms with E-state index in [2.05, 4.69) is 68.7 Å². The second kappa shape index (κ2) is 10.4. The molecule has 0 unspecified atom stereocenters. The second-order valence-electron chi connectivity index (χ2n) is 10.7. The van der Waals surface area contributed by atoms with Crippen molar-refractivity contribution in [3.8, 4) is 0 Å². The lowest BCUT2D eigenvalue weighted by molar-refractivity contribution is -0.146. The van der Waals surface area contributed by atoms with Crippen molar-refractivity contribution in [2.24, 2.45) is 5.41 Å². The first-order chi connectivity index (χ1) is 17.0. The lowest BCUT2D eigenvalue weighted by Gasteiger charge is -2.22. The Balaban J connectivity index is 1.99. The summed E-state index contributed by atoms with van der Waals surface area (Å²) < 4.78 is 2.31. The van der Waals surface area contributed by atoms with Crippen LogP contribution in [-0.4, -0.2) is 15.6 Å². The van der Waals surface area contributed by atoms with E-state index in [1.807, 2.05) is 38.1 Å². The molecule has 0 radical (unpaired) electrons. The van der Waals surface area contributed by atoms with Crippen LogP contribution >= 0.6 is 23.4 Å². The summed E-state index contributed by atoms with van der Waals surface area (Å²) in [6, 6.07) is 21.1. The summed E-state index contributed by atoms with van der Waals surface area (Å²) in [5, 5.41) is 11.9. The molecule has 0 atom stereocenters. The molecule has 1 N–H and O–H groups in total. The van der Waals surface area contributed by atoms with E-state index in [1.165, 1.54) is 27.0 Å². The second-order valence-corrected chi connectivity index (χ2v) is 12.1. The Morgan fingerprint density at radius 2 is 1.72 bits per heavy atom. The predicted molar refractivity (Wildman–Crippen MR) is 152 cm³/mol. The van der Waals surface area contributed by atoms with Gasteiger partial charge in [-0.15, -0.1) is 0 Å². The molecule has 0 bridgehead atoms. The van der Waals surface area contributed by atoms with Crippen LogP contribution < -0.4 is 0 Å². The first-order valence-electron chi connectivity index (χ1n) is 12.3. The molecule has 3 nitrogen and oxygen atoms in total. The number of aliphatic carboxylic acids is 1. The number of aryl methyl sites for hydroxylation is 2. The summed E-state index contributed by atoms with van der Waals surface area (Å²) in [5.74, 6) is -0.400. The number of fused-ring (bicyclic) bond motifs is 1. The molecule has 0 aliphatic heterocycles. The third-order valence-corrected chi connectivity index (χ3v) is 8.38. The van der Waals surface area contributed by atoms with E-state index in [0.29, 0.717) is 23.9 Å². The van der Waals surface area contributed by atoms with Crippen LogP contribution in [0.3, 0.4) is 0 Å². The Kier molecular flexibility index (Phi) is 7.59. The number of rotatable bonds is 8. The number of benzene rings is 3. The molecule has 0 saturated carbocycles. The maximum Gasteiger partial charge on any atom is 0.309 e. The van der Waals surface area contributed by atoms with Gasteiger partial charge in [-0.1, -0.05) is 67.5 Å². The molecule has 4 aromatic rings. The average Bonchev–Trinajstić information content (AvgIpc) is 3.08. The van der Waals surface area contributed by atoms with Crippen molar-refractivity contribution in [1.29, 1.82) is 0 Å². The molecular weight excluding hydrogens is 486 g/mol. The average molecular weight is 520 g/mol. The quantitative estimate of drug-likeness (QED) is 0.252. The molecule has 5 heteroatoms. The van der Waals surface area contributed by atoms with Gasteiger partial charge in [-0.05, 0) is 86.2 Å². The molecule has 0 saturated heterocycles. The number of aromatic nitrogens is 1. The Bertz CT molecular complexity index is 1420. The summed E-state index contributed by atoms with van der Waals surface area (Å²) in [7, 11) is 0. The molecule has 4 rings (SSSR count). The van der Waals surface area contributed by atoms with Crippen molar-refractivity contribution in [1.82, 2.24) is 4.57 Å². The summed E-state index contributed by atoms with van der Waals surface area (Å²) in [6.07, 6.45) is 0.425. The first-order valence-corrected chi connectivity index (χ1v) is 13.5. The molecule has 36 heavy (non-hydrogen) atoms. The fourth-order valence-corrected chi connectivity index (χ4v) is 5.81. The predicted octanol–water partition coefficient (Wildman–Crippen LogP) is 8.89. The smallest absolute Gasteiger partial charge is 0.309 e. The van der Waals surface area contributed by atoms with Crippen LogP contribution in [-0.2, 0) is 17.8 Å². The van der Waals surface area contributed by atoms with Gasteiger partial charge in [0.2, 0.25) is 0 Å². The van der Waals surface area contributed by atoms with Gasteiger partial charge in [0.15, 0.2) is 0 Å². The van der Waals surface area contributed by atoms with E-state index >= 15 is 0 Å². The van der Waals surface area contributed by atoms with Crippen LogP contribution in [0.2, 0.25) is 5.02 Å². The Hall–Kier alpha value is -2.69. The van der Waals surface area contributed by atoms with Crippen LogP contribution in [0, 0.1) is 19.3 Å². The summed E-state index contributed by atoms with van der Waals surface area (Å²) in [6.45, 7) is 12.9. The van der Waals surface area contributed by atoms with Gasteiger partial charge < -0.3 is 9.67 Å². The molecule has 0 spiro atoms. The van der Waals surface area contributed by atoms with E-state index in [9.17, 15) is 9.90 Å². The number of halogens is 1. The van der Waals surface area contributed by atoms with Crippen molar-refractivity contribution >= 4 is 40.2 Å². The Morgan fingerprint density at radius 3 is 2.36 bits per heavy atom. The van der Waals surface area contributed by atoms with E-state index in [4.69, 9.17) is 11.6 Å². The number of carbonyl (C=O) groups is 1. The van der Waals surface area contributed by atoms with E-state index in [0.717, 1.165) is 21.7 Å². The minimum Gasteiger partial charge on any atom is -0.481 e. The van der Waals surface area contributed by atoms with Gasteiger partial charge in [-0.2, -0.15) is 0 Å². The van der Waals surface area contributed by atoms with Crippen molar-refractivity contribution in [2.45, 2.75) is 70.2 Å². The van der Waals surface area contributed by atoms with Gasteiger partial charge >= 0.3 is 5.97 Å². The van der Waals surface area contributed by atoms with Crippen LogP contribution in [0.4, 0.5) is 0 Å². The number of carboxylic acids is 1. The van der Waals surface area contributed by atoms with Crippen molar-refractivity contribution in [2.75, 3.05) is 0 Å². The molecule has 0 amide bonds. The summed E-state index contributed by atoms with van der Waals surface area (Å²) in [5.41, 5.74) is 6.10. The minimum atomic E-state index is -0.913. The molecule has 0 fully saturated rings. The number of hydrogen-bond acceptors (Lipinski definition) is 2. The third-order valence-electron chi connectivity index (χ3n) is 6.81. The minimum absolute atomic E-state index is 0.395. The Labute approximate surface area is 223 Å². The van der Waals surface area contributed by atoms with E-state index in [-0.39, 0.29) is 0 Å². The largest absolute Gasteiger partial charge is 0.481 e. The number of nitrogens with zero attached hydrogens (tertiary/aromatic N) is 1. The van der Waals surface area contributed by atoms with Crippen LogP contribution in [0.1, 0.15) is 61.6 Å². The highest BCUT2D eigenvalue weighted by Gasteiger charge is 2.32. The molecule has 0 aliphatic carbocycles. The number of hydrogen-bond donors (Lipinski definition) is 1. The first kappa shape index (κ1) is 26.4. The fraction of sp³-hybridized carbons (Fsp3) is 0.323. The highest BCUT2D eigenvalue weighted by molar-refractivity contribution is 7.99. The van der Waals surface area contributed by atoms with Gasteiger partial charge in [0.05, 0.1) is 5.41 Å². The number of carboxylic acid groups (broad SMARTS) is 1. The highest BCUT2D eigenvalue weighted by atomic mass is 35.5. The normalized spacial score (nSPS) is 12.0. The standard InChI is InChI=1S/C31H34ClNO2S/c1-19(2)23-11-14-26-25(16-23)29(36-28-15-20(3)7-8-21(28)4)27(17-31(5,6)30(34)35)33(26)18-22-9-12-24(32)13-10-22/h7-16,19H,17-18H2,1-6H3,(H,34,35). The maximum atomic E-state index is 12.2. The van der Waals surface area contributed by atoms with Gasteiger partial charge in [0.25, 0.3) is 0 Å². The molecule has 1 heterocycles. The van der Waals surface area contributed by atoms with Gasteiger partial charge in [-0.25, -0.2) is 0 Å². The zero-order valence-electron chi connectivity index (χ0n) is 21.9. The van der Waals surface area contributed by atoms with Crippen LogP contribution in [0.25, 0.3) is 10.9 Å². The third kappa shape index (κ3) is 5.50. The van der Waals surface area contributed by atoms with Gasteiger partial charge in [0.1, 0.15) is 0 Å². The Morgan fingerprint density at radius 1 is 1.03 bits per heavy atom. The van der Waals surface area contributed by atoms with Crippen molar-refractivity contribution < 1.29 is 9.90 Å². The zero-order valence-corrected chi connectivity index (χ0v) is 23.4. The summed E-state index contributed by atoms with van der Waals surface area (Å²) in [4.78, 5) is 14.6. The van der Waals surface area contributed by atoms with Gasteiger partial charge in [0, 0.05) is 44.4 Å². The lowest BCUT2D eigenvalue weighted by Crippen LogP contribution is -2.27.